The average molecular weight is 2670 g/mol. The van der Waals surface area contributed by atoms with Gasteiger partial charge in [0.2, 0.25) is 5.82 Å². The fraction of sp³-hybridized carbons (Fsp3) is 0.0891. The van der Waals surface area contributed by atoms with Gasteiger partial charge < -0.3 is 60.6 Å². The fourth-order valence-electron chi connectivity index (χ4n) is 16.3. The van der Waals surface area contributed by atoms with Crippen molar-refractivity contribution in [2.24, 2.45) is 0 Å². The number of nitrogens with zero attached hydrogens (tertiary/aromatic N) is 18. The second-order valence-electron chi connectivity index (χ2n) is 29.9. The Balaban J connectivity index is 0.000000134. The van der Waals surface area contributed by atoms with Crippen LogP contribution in [-0.4, -0.2) is 33.9 Å². The predicted octanol–water partition coefficient (Wildman–Crippen LogP) is 25.0. The molecule has 14 heterocycles. The maximum atomic E-state index is 9.36. The monoisotopic (exact) mass is 2670 g/mol. The molecule has 0 spiro atoms. The molecule has 23 rings (SSSR count). The molecule has 665 valence electrons. The van der Waals surface area contributed by atoms with E-state index in [1.54, 1.807) is 86.7 Å². The van der Waals surface area contributed by atoms with Gasteiger partial charge in [-0.3, -0.25) is 48.7 Å². The van der Waals surface area contributed by atoms with Crippen LogP contribution < -0.4 is 29.4 Å². The summed E-state index contributed by atoms with van der Waals surface area (Å²) < 4.78 is 34.9. The molecule has 0 N–H and O–H groups in total. The molecular weight excluding hydrogens is 2600 g/mol. The second kappa shape index (κ2) is 41.9. The second-order valence-corrected chi connectivity index (χ2v) is 32.3. The van der Waals surface area contributed by atoms with E-state index in [1.807, 2.05) is 176 Å². The van der Waals surface area contributed by atoms with Crippen molar-refractivity contribution < 1.29 is 123 Å². The summed E-state index contributed by atoms with van der Waals surface area (Å²) in [4.78, 5) is 23.9. The maximum Gasteiger partial charge on any atom is 0.273 e. The van der Waals surface area contributed by atoms with Gasteiger partial charge in [0.15, 0.2) is 18.6 Å². The zero-order valence-corrected chi connectivity index (χ0v) is 85.7. The van der Waals surface area contributed by atoms with Gasteiger partial charge in [-0.15, -0.1) is 87.0 Å². The number of aromatic nitrogens is 7. The van der Waals surface area contributed by atoms with Crippen molar-refractivity contribution in [3.63, 3.8) is 0 Å². The van der Waals surface area contributed by atoms with Gasteiger partial charge in [-0.2, -0.15) is 32.0 Å². The molecule has 5 radical (unpaired) electrons. The van der Waals surface area contributed by atoms with Crippen LogP contribution in [0.3, 0.4) is 0 Å². The molecule has 0 fully saturated rings. The van der Waals surface area contributed by atoms with Crippen LogP contribution in [0.4, 0.5) is 51.2 Å². The average Bonchev–Trinajstić information content (AvgIpc) is 1.58. The minimum atomic E-state index is 0. The summed E-state index contributed by atoms with van der Waals surface area (Å²) in [5.74, 6) is 3.10. The van der Waals surface area contributed by atoms with E-state index >= 15 is 0 Å². The molecule has 0 aliphatic carbocycles. The van der Waals surface area contributed by atoms with Crippen molar-refractivity contribution >= 4 is 139 Å². The van der Waals surface area contributed by atoms with E-state index in [4.69, 9.17) is 27.3 Å². The Bertz CT molecular complexity index is 7520. The summed E-state index contributed by atoms with van der Waals surface area (Å²) in [5, 5.41) is 66.0. The van der Waals surface area contributed by atoms with Crippen LogP contribution in [0.25, 0.3) is 105 Å². The minimum Gasteiger partial charge on any atom is -0.565 e. The number of imidazole rings is 2. The van der Waals surface area contributed by atoms with Crippen molar-refractivity contribution in [2.75, 3.05) is 29.4 Å². The van der Waals surface area contributed by atoms with Crippen LogP contribution in [0, 0.1) is 175 Å². The molecule has 0 saturated heterocycles. The van der Waals surface area contributed by atoms with Gasteiger partial charge in [-0.05, 0) is 144 Å². The number of rotatable bonds is 9. The first kappa shape index (κ1) is 96.4. The van der Waals surface area contributed by atoms with E-state index in [0.717, 1.165) is 139 Å². The van der Waals surface area contributed by atoms with Crippen LogP contribution in [-0.2, 0) is 101 Å². The Kier molecular flexibility index (Phi) is 30.6. The fourth-order valence-corrected chi connectivity index (χ4v) is 18.5. The minimum absolute atomic E-state index is 0. The SMILES string of the molecule is Cc1cc(C)c(-n2cc(C#N)nc2-c2[c-]oc3ccccc23)c(C)c1.Cc1cc(C)c(-n2ccnc2-c2[c-]occ2)c(C)c1.Cc1cc(C)c(-n2nc(C#N)nc2-c2[c-]sc3ccccc23)c(C)c1.N#CN1[CH-]N(c2[c-]csc2)c2ccccc21.N#CN1[CH-]N(c2[c-]oc3oc4occc4c23)c2ccccc21.N#CN1[CH-]N(c2[c-]sc3ccccc23)c2ccccc21.[Ir].[Ir].[Ir].[Ir].[Ir]. The number of aryl methyl sites for hydroxylation is 9. The summed E-state index contributed by atoms with van der Waals surface area (Å²) >= 11 is 4.74. The normalized spacial score (nSPS) is 11.8. The standard InChI is InChI=1S/C21H16N3O.C20H15N4S.C16H7N3O3.C16H9N3S.C16H15N2O.C12H7N3S.5Ir/c1-13-8-14(2)20(15(3)9-13)24-11-16(10-22)23-21(24)18-12-25-19-7-5-4-6-17(18)19;1-12-8-13(2)19(14(3)9-12)24-20(22-18(10-21)23-24)16-11-25-17-7-5-4-6-15(16)17;17-8-18-9-19(12-4-2-1-3-11(12)18)13-7-21-16-14(13)10-5-6-20-15(10)22-16;17-10-18-11-19(14-7-3-2-6-13(14)18)15-9-20-16-8-4-1-5-12(15)16;1-11-8-12(2)15(13(3)9-11)18-6-5-17-16(18)14-4-7-19-10-14;13-8-14-9-15(10-5-6-16-7-10)12-4-2-1-3-11(12)14;;;;;/h4-9,11H,1-3H3;4-9H,1-3H3;1-6,9H;1-8,11H;4-9H,1-3H3;1-4,6-7,9H;;;;;/q2*-1;2*-2;-1;-2;;;;;. The Morgan fingerprint density at radius 3 is 1.52 bits per heavy atom. The van der Waals surface area contributed by atoms with Crippen molar-refractivity contribution in [1.29, 1.82) is 26.3 Å². The smallest absolute Gasteiger partial charge is 0.273 e. The van der Waals surface area contributed by atoms with Gasteiger partial charge >= 0.3 is 0 Å². The third kappa shape index (κ3) is 18.8. The van der Waals surface area contributed by atoms with Crippen molar-refractivity contribution in [3.8, 4) is 81.9 Å². The van der Waals surface area contributed by atoms with Gasteiger partial charge in [0.05, 0.1) is 29.4 Å². The Hall–Kier alpha value is -13.2. The largest absolute Gasteiger partial charge is 0.565 e. The summed E-state index contributed by atoms with van der Waals surface area (Å²) in [5.41, 5.74) is 25.6. The van der Waals surface area contributed by atoms with Crippen LogP contribution in [0.2, 0.25) is 0 Å². The third-order valence-corrected chi connectivity index (χ3v) is 23.7. The van der Waals surface area contributed by atoms with Gasteiger partial charge in [-0.25, -0.2) is 11.1 Å². The molecule has 31 heteroatoms. The first-order valence-corrected chi connectivity index (χ1v) is 42.3. The van der Waals surface area contributed by atoms with Crippen LogP contribution in [0.5, 0.6) is 0 Å². The van der Waals surface area contributed by atoms with Gasteiger partial charge in [0.25, 0.3) is 5.78 Å². The van der Waals surface area contributed by atoms with E-state index in [2.05, 4.69) is 214 Å². The molecule has 3 aliphatic heterocycles. The first-order chi connectivity index (χ1) is 62.0. The molecule has 3 aliphatic rings. The number of benzene rings is 9. The van der Waals surface area contributed by atoms with E-state index < -0.39 is 0 Å². The molecule has 0 unspecified atom stereocenters. The number of hydrogen-bond acceptors (Lipinski definition) is 23. The van der Waals surface area contributed by atoms with Gasteiger partial charge in [-0.1, -0.05) is 187 Å². The maximum absolute atomic E-state index is 9.36. The quantitative estimate of drug-likeness (QED) is 0.0959. The van der Waals surface area contributed by atoms with E-state index in [1.165, 1.54) is 43.1 Å². The van der Waals surface area contributed by atoms with E-state index in [-0.39, 0.29) is 106 Å². The van der Waals surface area contributed by atoms with E-state index in [9.17, 15) is 21.0 Å². The summed E-state index contributed by atoms with van der Waals surface area (Å²) in [6.07, 6.45) is 23.8. The molecule has 9 aromatic carbocycles. The molecule has 132 heavy (non-hydrogen) atoms. The van der Waals surface area contributed by atoms with Crippen molar-refractivity contribution in [1.82, 2.24) is 33.9 Å². The molecule has 11 aromatic heterocycles. The number of fused-ring (bicyclic) bond motifs is 9. The molecular formula is C101H69Ir5N18O5S3-9. The molecule has 0 atom stereocenters. The number of furan rings is 5. The zero-order valence-electron chi connectivity index (χ0n) is 71.2. The zero-order chi connectivity index (χ0) is 87.7. The summed E-state index contributed by atoms with van der Waals surface area (Å²) in [6, 6.07) is 71.4. The number of hydrogen-bond donors (Lipinski definition) is 0. The number of thiophene rings is 3. The Morgan fingerprint density at radius 1 is 0.439 bits per heavy atom. The molecule has 20 aromatic rings. The van der Waals surface area contributed by atoms with E-state index in [0.29, 0.717) is 34.6 Å². The molecule has 23 nitrogen and oxygen atoms in total. The predicted molar refractivity (Wildman–Crippen MR) is 495 cm³/mol. The number of anilines is 9. The number of nitriles is 5. The third-order valence-electron chi connectivity index (χ3n) is 21.3. The van der Waals surface area contributed by atoms with Gasteiger partial charge in [0, 0.05) is 194 Å². The Labute approximate surface area is 840 Å². The topological polar surface area (TPSA) is 270 Å². The summed E-state index contributed by atoms with van der Waals surface area (Å²) in [6.45, 7) is 24.1. The van der Waals surface area contributed by atoms with Crippen molar-refractivity contribution in [2.45, 2.75) is 62.3 Å². The van der Waals surface area contributed by atoms with Crippen LogP contribution in [0.1, 0.15) is 61.6 Å². The Morgan fingerprint density at radius 2 is 0.955 bits per heavy atom. The van der Waals surface area contributed by atoms with Crippen LogP contribution in [0.15, 0.2) is 258 Å². The molecule has 0 bridgehead atoms. The van der Waals surface area contributed by atoms with Crippen LogP contribution >= 0.6 is 34.0 Å². The van der Waals surface area contributed by atoms with Gasteiger partial charge in [0.1, 0.15) is 23.6 Å². The van der Waals surface area contributed by atoms with Crippen molar-refractivity contribution in [3.05, 3.63) is 353 Å². The molecule has 0 saturated carbocycles. The number of para-hydroxylation sites is 7. The molecule has 0 amide bonds. The first-order valence-electron chi connectivity index (χ1n) is 39.8. The summed E-state index contributed by atoms with van der Waals surface area (Å²) in [7, 11) is 0.